The topological polar surface area (TPSA) is 33.3 Å². The molecule has 3 nitrogen and oxygen atoms in total. The van der Waals surface area contributed by atoms with E-state index in [1.54, 1.807) is 7.11 Å². The molecule has 0 unspecified atom stereocenters. The fourth-order valence-electron chi connectivity index (χ4n) is 2.86. The van der Waals surface area contributed by atoms with Gasteiger partial charge in [-0.3, -0.25) is 0 Å². The van der Waals surface area contributed by atoms with E-state index in [0.29, 0.717) is 16.9 Å². The molecule has 0 spiro atoms. The average molecular weight is 371 g/mol. The van der Waals surface area contributed by atoms with Crippen molar-refractivity contribution in [1.29, 1.82) is 0 Å². The van der Waals surface area contributed by atoms with Crippen LogP contribution in [0.2, 0.25) is 0 Å². The van der Waals surface area contributed by atoms with E-state index in [-0.39, 0.29) is 6.04 Å². The summed E-state index contributed by atoms with van der Waals surface area (Å²) in [5, 5.41) is 7.41. The first kappa shape index (κ1) is 20.2. The number of anilines is 1. The summed E-state index contributed by atoms with van der Waals surface area (Å²) in [6.45, 7) is 8.83. The van der Waals surface area contributed by atoms with Gasteiger partial charge in [-0.1, -0.05) is 52.0 Å². The molecule has 0 amide bonds. The summed E-state index contributed by atoms with van der Waals surface area (Å²) in [7, 11) is 1.68. The summed E-state index contributed by atoms with van der Waals surface area (Å²) in [5.74, 6) is 1.95. The van der Waals surface area contributed by atoms with E-state index in [9.17, 15) is 0 Å². The van der Waals surface area contributed by atoms with Gasteiger partial charge < -0.3 is 15.4 Å². The molecule has 0 aromatic heterocycles. The molecule has 0 fully saturated rings. The fraction of sp³-hybridized carbons (Fsp3) is 0.409. The van der Waals surface area contributed by atoms with Gasteiger partial charge in [-0.05, 0) is 65.9 Å². The lowest BCUT2D eigenvalue weighted by Crippen LogP contribution is -2.33. The molecule has 0 radical (unpaired) electrons. The zero-order valence-corrected chi connectivity index (χ0v) is 17.2. The second-order valence-electron chi connectivity index (χ2n) is 7.33. The van der Waals surface area contributed by atoms with Gasteiger partial charge in [-0.2, -0.15) is 0 Å². The van der Waals surface area contributed by atoms with Crippen molar-refractivity contribution in [3.8, 4) is 5.75 Å². The Labute approximate surface area is 163 Å². The van der Waals surface area contributed by atoms with Crippen molar-refractivity contribution in [2.24, 2.45) is 5.92 Å². The molecule has 0 aliphatic carbocycles. The van der Waals surface area contributed by atoms with Gasteiger partial charge in [0, 0.05) is 5.69 Å². The van der Waals surface area contributed by atoms with Crippen LogP contribution < -0.4 is 15.4 Å². The number of nitrogens with one attached hydrogen (secondary N) is 2. The summed E-state index contributed by atoms with van der Waals surface area (Å²) in [5.41, 5.74) is 3.54. The van der Waals surface area contributed by atoms with E-state index in [1.165, 1.54) is 11.1 Å². The SMILES string of the molecule is COc1ccc([C@@H](CC(C)C)NC(=S)Nc2ccc(C(C)C)cc2)cc1. The fourth-order valence-corrected chi connectivity index (χ4v) is 3.12. The highest BCUT2D eigenvalue weighted by Crippen LogP contribution is 2.24. The average Bonchev–Trinajstić information content (AvgIpc) is 2.61. The highest BCUT2D eigenvalue weighted by Gasteiger charge is 2.15. The van der Waals surface area contributed by atoms with Crippen molar-refractivity contribution in [2.45, 2.75) is 46.1 Å². The Bertz CT molecular complexity index is 693. The minimum Gasteiger partial charge on any atom is -0.497 e. The van der Waals surface area contributed by atoms with Gasteiger partial charge >= 0.3 is 0 Å². The number of methoxy groups -OCH3 is 1. The number of thiocarbonyl (C=S) groups is 1. The number of hydrogen-bond donors (Lipinski definition) is 2. The van der Waals surface area contributed by atoms with Crippen LogP contribution in [0.3, 0.4) is 0 Å². The van der Waals surface area contributed by atoms with Crippen LogP contribution in [0.25, 0.3) is 0 Å². The smallest absolute Gasteiger partial charge is 0.171 e. The van der Waals surface area contributed by atoms with Gasteiger partial charge in [0.05, 0.1) is 13.2 Å². The Morgan fingerprint density at radius 2 is 1.50 bits per heavy atom. The van der Waals surface area contributed by atoms with E-state index in [2.05, 4.69) is 74.7 Å². The van der Waals surface area contributed by atoms with Crippen molar-refractivity contribution in [3.63, 3.8) is 0 Å². The Hall–Kier alpha value is -2.07. The maximum absolute atomic E-state index is 5.55. The van der Waals surface area contributed by atoms with Gasteiger partial charge in [-0.25, -0.2) is 0 Å². The summed E-state index contributed by atoms with van der Waals surface area (Å²) in [4.78, 5) is 0. The molecule has 0 saturated heterocycles. The Balaban J connectivity index is 2.05. The number of ether oxygens (including phenoxy) is 1. The second-order valence-corrected chi connectivity index (χ2v) is 7.74. The predicted molar refractivity (Wildman–Crippen MR) is 115 cm³/mol. The van der Waals surface area contributed by atoms with Crippen LogP contribution in [0.5, 0.6) is 5.75 Å². The number of rotatable bonds is 7. The maximum Gasteiger partial charge on any atom is 0.171 e. The summed E-state index contributed by atoms with van der Waals surface area (Å²) in [6.07, 6.45) is 1.00. The van der Waals surface area contributed by atoms with Crippen LogP contribution in [0, 0.1) is 5.92 Å². The summed E-state index contributed by atoms with van der Waals surface area (Å²) < 4.78 is 5.26. The van der Waals surface area contributed by atoms with E-state index in [0.717, 1.165) is 17.9 Å². The van der Waals surface area contributed by atoms with Crippen LogP contribution in [-0.4, -0.2) is 12.2 Å². The number of benzene rings is 2. The van der Waals surface area contributed by atoms with E-state index in [4.69, 9.17) is 17.0 Å². The molecule has 2 aromatic carbocycles. The van der Waals surface area contributed by atoms with Gasteiger partial charge in [0.25, 0.3) is 0 Å². The van der Waals surface area contributed by atoms with Gasteiger partial charge in [0.15, 0.2) is 5.11 Å². The van der Waals surface area contributed by atoms with Crippen molar-refractivity contribution < 1.29 is 4.74 Å². The van der Waals surface area contributed by atoms with Crippen LogP contribution in [-0.2, 0) is 0 Å². The molecule has 2 N–H and O–H groups in total. The lowest BCUT2D eigenvalue weighted by Gasteiger charge is -2.23. The maximum atomic E-state index is 5.55. The Morgan fingerprint density at radius 1 is 0.923 bits per heavy atom. The zero-order chi connectivity index (χ0) is 19.1. The standard InChI is InChI=1S/C22H30N2OS/c1-15(2)14-21(18-8-12-20(25-5)13-9-18)24-22(26)23-19-10-6-17(7-11-19)16(3)4/h6-13,15-16,21H,14H2,1-5H3,(H2,23,24,26)/t21-/m1/s1. The third-order valence-corrected chi connectivity index (χ3v) is 4.59. The molecule has 4 heteroatoms. The van der Waals surface area contributed by atoms with Crippen molar-refractivity contribution in [1.82, 2.24) is 5.32 Å². The normalized spacial score (nSPS) is 12.1. The molecule has 26 heavy (non-hydrogen) atoms. The van der Waals surface area contributed by atoms with E-state index >= 15 is 0 Å². The Kier molecular flexibility index (Phi) is 7.46. The second kappa shape index (κ2) is 9.58. The van der Waals surface area contributed by atoms with Crippen LogP contribution >= 0.6 is 12.2 Å². The first-order valence-corrected chi connectivity index (χ1v) is 9.61. The minimum absolute atomic E-state index is 0.163. The monoisotopic (exact) mass is 370 g/mol. The number of hydrogen-bond acceptors (Lipinski definition) is 2. The highest BCUT2D eigenvalue weighted by molar-refractivity contribution is 7.80. The molecule has 1 atom stereocenters. The van der Waals surface area contributed by atoms with Crippen LogP contribution in [0.1, 0.15) is 57.2 Å². The van der Waals surface area contributed by atoms with E-state index < -0.39 is 0 Å². The van der Waals surface area contributed by atoms with Crippen molar-refractivity contribution in [3.05, 3.63) is 59.7 Å². The molecule has 0 heterocycles. The molecule has 140 valence electrons. The molecule has 0 bridgehead atoms. The first-order chi connectivity index (χ1) is 12.4. The molecule has 0 aliphatic rings. The molecule has 2 rings (SSSR count). The van der Waals surface area contributed by atoms with Gasteiger partial charge in [0.2, 0.25) is 0 Å². The Morgan fingerprint density at radius 3 is 2.00 bits per heavy atom. The molecule has 0 saturated carbocycles. The summed E-state index contributed by atoms with van der Waals surface area (Å²) >= 11 is 5.55. The summed E-state index contributed by atoms with van der Waals surface area (Å²) in [6, 6.07) is 16.8. The largest absolute Gasteiger partial charge is 0.497 e. The molecular weight excluding hydrogens is 340 g/mol. The first-order valence-electron chi connectivity index (χ1n) is 9.20. The van der Waals surface area contributed by atoms with Gasteiger partial charge in [-0.15, -0.1) is 0 Å². The van der Waals surface area contributed by atoms with Crippen molar-refractivity contribution in [2.75, 3.05) is 12.4 Å². The van der Waals surface area contributed by atoms with Crippen LogP contribution in [0.4, 0.5) is 5.69 Å². The molecular formula is C22H30N2OS. The van der Waals surface area contributed by atoms with Crippen molar-refractivity contribution >= 4 is 23.0 Å². The quantitative estimate of drug-likeness (QED) is 0.595. The van der Waals surface area contributed by atoms with Crippen LogP contribution in [0.15, 0.2) is 48.5 Å². The van der Waals surface area contributed by atoms with E-state index in [1.807, 2.05) is 12.1 Å². The third kappa shape index (κ3) is 6.03. The molecule has 2 aromatic rings. The predicted octanol–water partition coefficient (Wildman–Crippen LogP) is 5.89. The molecule has 0 aliphatic heterocycles. The highest BCUT2D eigenvalue weighted by atomic mass is 32.1. The lowest BCUT2D eigenvalue weighted by atomic mass is 9.97. The minimum atomic E-state index is 0.163. The van der Waals surface area contributed by atoms with Gasteiger partial charge in [0.1, 0.15) is 5.75 Å². The third-order valence-electron chi connectivity index (χ3n) is 4.37. The zero-order valence-electron chi connectivity index (χ0n) is 16.4. The lowest BCUT2D eigenvalue weighted by molar-refractivity contribution is 0.414.